The van der Waals surface area contributed by atoms with Crippen LogP contribution in [-0.2, 0) is 0 Å². The maximum Gasteiger partial charge on any atom is 0.228 e. The van der Waals surface area contributed by atoms with Gasteiger partial charge in [-0.2, -0.15) is 0 Å². The van der Waals surface area contributed by atoms with E-state index < -0.39 is 0 Å². The van der Waals surface area contributed by atoms with Crippen molar-refractivity contribution in [2.24, 2.45) is 5.92 Å². The molecule has 1 aliphatic carbocycles. The fourth-order valence-electron chi connectivity index (χ4n) is 4.78. The van der Waals surface area contributed by atoms with Crippen LogP contribution in [0.3, 0.4) is 0 Å². The second-order valence-electron chi connectivity index (χ2n) is 7.75. The Balaban J connectivity index is 1.48. The number of rotatable bonds is 5. The lowest BCUT2D eigenvalue weighted by Gasteiger charge is -2.36. The molecular weight excluding hydrogens is 300 g/mol. The van der Waals surface area contributed by atoms with E-state index in [4.69, 9.17) is 0 Å². The Labute approximate surface area is 145 Å². The molecule has 1 saturated carbocycles. The van der Waals surface area contributed by atoms with Crippen LogP contribution in [0.4, 0.5) is 0 Å². The van der Waals surface area contributed by atoms with Gasteiger partial charge in [-0.3, -0.25) is 15.0 Å². The van der Waals surface area contributed by atoms with Gasteiger partial charge in [0.2, 0.25) is 6.04 Å². The van der Waals surface area contributed by atoms with E-state index in [-0.39, 0.29) is 17.0 Å². The number of benzene rings is 1. The predicted octanol–water partition coefficient (Wildman–Crippen LogP) is 4.48. The number of nitro groups is 1. The van der Waals surface area contributed by atoms with Gasteiger partial charge in [-0.05, 0) is 75.9 Å². The van der Waals surface area contributed by atoms with E-state index in [1.807, 2.05) is 0 Å². The summed E-state index contributed by atoms with van der Waals surface area (Å²) in [5, 5.41) is 11.3. The van der Waals surface area contributed by atoms with Crippen LogP contribution < -0.4 is 0 Å². The Morgan fingerprint density at radius 2 is 1.79 bits per heavy atom. The van der Waals surface area contributed by atoms with Gasteiger partial charge in [-0.25, -0.2) is 0 Å². The van der Waals surface area contributed by atoms with Crippen molar-refractivity contribution in [3.63, 3.8) is 0 Å². The fourth-order valence-corrected chi connectivity index (χ4v) is 4.78. The van der Waals surface area contributed by atoms with Crippen LogP contribution in [0.15, 0.2) is 30.3 Å². The van der Waals surface area contributed by atoms with E-state index in [1.165, 1.54) is 31.2 Å². The van der Waals surface area contributed by atoms with Gasteiger partial charge in [0.1, 0.15) is 0 Å². The van der Waals surface area contributed by atoms with Crippen molar-refractivity contribution >= 4 is 0 Å². The first kappa shape index (κ1) is 17.4. The zero-order valence-corrected chi connectivity index (χ0v) is 14.8. The van der Waals surface area contributed by atoms with Crippen molar-refractivity contribution in [2.45, 2.75) is 69.4 Å². The van der Waals surface area contributed by atoms with Crippen LogP contribution in [-0.4, -0.2) is 35.5 Å². The van der Waals surface area contributed by atoms with Gasteiger partial charge in [-0.1, -0.05) is 30.3 Å². The number of hydrogen-bond acceptors (Lipinski definition) is 3. The normalized spacial score (nSPS) is 31.7. The molecule has 132 valence electrons. The third kappa shape index (κ3) is 4.15. The minimum Gasteiger partial charge on any atom is -0.297 e. The van der Waals surface area contributed by atoms with Crippen molar-refractivity contribution in [1.29, 1.82) is 0 Å². The summed E-state index contributed by atoms with van der Waals surface area (Å²) in [6.45, 7) is 1.01. The molecule has 0 aromatic heterocycles. The zero-order valence-electron chi connectivity index (χ0n) is 14.8. The first-order chi connectivity index (χ1) is 11.6. The van der Waals surface area contributed by atoms with Gasteiger partial charge in [0, 0.05) is 11.3 Å². The lowest BCUT2D eigenvalue weighted by molar-refractivity contribution is -0.534. The Kier molecular flexibility index (Phi) is 5.88. The average molecular weight is 330 g/mol. The number of piperidine rings is 1. The molecule has 0 N–H and O–H groups in total. The number of nitrogens with zero attached hydrogens (tertiary/aromatic N) is 2. The monoisotopic (exact) mass is 330 g/mol. The molecule has 1 aromatic rings. The molecule has 0 amide bonds. The minimum absolute atomic E-state index is 0.0351. The summed E-state index contributed by atoms with van der Waals surface area (Å²) in [7, 11) is 2.06. The lowest BCUT2D eigenvalue weighted by Crippen LogP contribution is -2.49. The van der Waals surface area contributed by atoms with Crippen LogP contribution in [0.2, 0.25) is 0 Å². The minimum atomic E-state index is -0.357. The molecule has 4 nitrogen and oxygen atoms in total. The number of likely N-dealkylation sites (tertiary alicyclic amines) is 1. The van der Waals surface area contributed by atoms with E-state index in [1.54, 1.807) is 0 Å². The molecule has 0 spiro atoms. The smallest absolute Gasteiger partial charge is 0.228 e. The Bertz CT molecular complexity index is 526. The van der Waals surface area contributed by atoms with Crippen molar-refractivity contribution < 1.29 is 4.92 Å². The molecule has 2 unspecified atom stereocenters. The molecule has 3 rings (SSSR count). The second kappa shape index (κ2) is 8.11. The third-order valence-corrected chi connectivity index (χ3v) is 6.28. The second-order valence-corrected chi connectivity index (χ2v) is 7.75. The van der Waals surface area contributed by atoms with E-state index in [0.29, 0.717) is 5.92 Å². The quantitative estimate of drug-likeness (QED) is 0.590. The van der Waals surface area contributed by atoms with Gasteiger partial charge < -0.3 is 0 Å². The predicted molar refractivity (Wildman–Crippen MR) is 96.8 cm³/mol. The summed E-state index contributed by atoms with van der Waals surface area (Å²) >= 11 is 0. The topological polar surface area (TPSA) is 46.4 Å². The van der Waals surface area contributed by atoms with Gasteiger partial charge in [0.25, 0.3) is 0 Å². The first-order valence-electron chi connectivity index (χ1n) is 9.54. The molecule has 2 fully saturated rings. The van der Waals surface area contributed by atoms with Crippen molar-refractivity contribution in [2.75, 3.05) is 13.6 Å². The SMILES string of the molecule is CN1CCCC([N+](=O)[O-])C1CCC1CCC(c2ccccc2)CC1. The molecule has 2 aliphatic rings. The van der Waals surface area contributed by atoms with Crippen LogP contribution in [0.5, 0.6) is 0 Å². The summed E-state index contributed by atoms with van der Waals surface area (Å²) in [4.78, 5) is 13.5. The van der Waals surface area contributed by atoms with Crippen LogP contribution in [0.25, 0.3) is 0 Å². The molecular formula is C20H30N2O2. The van der Waals surface area contributed by atoms with E-state index >= 15 is 0 Å². The van der Waals surface area contributed by atoms with Crippen LogP contribution in [0, 0.1) is 16.0 Å². The molecule has 1 aliphatic heterocycles. The Morgan fingerprint density at radius 3 is 2.46 bits per heavy atom. The maximum atomic E-state index is 11.3. The van der Waals surface area contributed by atoms with Crippen LogP contribution >= 0.6 is 0 Å². The molecule has 0 radical (unpaired) electrons. The molecule has 1 aromatic carbocycles. The summed E-state index contributed by atoms with van der Waals surface area (Å²) in [5.41, 5.74) is 1.48. The van der Waals surface area contributed by atoms with E-state index in [2.05, 4.69) is 42.3 Å². The highest BCUT2D eigenvalue weighted by Gasteiger charge is 2.37. The van der Waals surface area contributed by atoms with E-state index in [0.717, 1.165) is 38.1 Å². The summed E-state index contributed by atoms with van der Waals surface area (Å²) < 4.78 is 0. The zero-order chi connectivity index (χ0) is 16.9. The van der Waals surface area contributed by atoms with Crippen LogP contribution in [0.1, 0.15) is 62.8 Å². The van der Waals surface area contributed by atoms with Gasteiger partial charge in [0.15, 0.2) is 0 Å². The Hall–Kier alpha value is -1.42. The van der Waals surface area contributed by atoms with Crippen molar-refractivity contribution in [3.8, 4) is 0 Å². The summed E-state index contributed by atoms with van der Waals surface area (Å²) in [6, 6.07) is 10.6. The maximum absolute atomic E-state index is 11.3. The molecule has 4 heteroatoms. The standard InChI is InChI=1S/C20H30N2O2/c1-21-15-5-8-20(22(23)24)19(21)14-11-16-9-12-18(13-10-16)17-6-3-2-4-7-17/h2-4,6-7,16,18-20H,5,8-15H2,1H3. The molecule has 1 heterocycles. The summed E-state index contributed by atoms with van der Waals surface area (Å²) in [6.07, 6.45) is 8.95. The largest absolute Gasteiger partial charge is 0.297 e. The number of likely N-dealkylation sites (N-methyl/N-ethyl adjacent to an activating group) is 1. The van der Waals surface area contributed by atoms with Gasteiger partial charge in [-0.15, -0.1) is 0 Å². The molecule has 2 atom stereocenters. The highest BCUT2D eigenvalue weighted by Crippen LogP contribution is 2.38. The Morgan fingerprint density at radius 1 is 1.08 bits per heavy atom. The highest BCUT2D eigenvalue weighted by atomic mass is 16.6. The fraction of sp³-hybridized carbons (Fsp3) is 0.700. The van der Waals surface area contributed by atoms with Gasteiger partial charge >= 0.3 is 0 Å². The highest BCUT2D eigenvalue weighted by molar-refractivity contribution is 5.19. The lowest BCUT2D eigenvalue weighted by atomic mass is 9.76. The summed E-state index contributed by atoms with van der Waals surface area (Å²) in [5.74, 6) is 1.47. The average Bonchev–Trinajstić information content (AvgIpc) is 2.61. The third-order valence-electron chi connectivity index (χ3n) is 6.28. The first-order valence-corrected chi connectivity index (χ1v) is 9.54. The number of hydrogen-bond donors (Lipinski definition) is 0. The van der Waals surface area contributed by atoms with Gasteiger partial charge in [0.05, 0.1) is 6.04 Å². The van der Waals surface area contributed by atoms with Crippen molar-refractivity contribution in [3.05, 3.63) is 46.0 Å². The molecule has 24 heavy (non-hydrogen) atoms. The molecule has 0 bridgehead atoms. The van der Waals surface area contributed by atoms with E-state index in [9.17, 15) is 10.1 Å². The molecule has 1 saturated heterocycles. The van der Waals surface area contributed by atoms with Crippen molar-refractivity contribution in [1.82, 2.24) is 4.90 Å².